The molecule has 5 heteroatoms. The fourth-order valence-corrected chi connectivity index (χ4v) is 3.77. The van der Waals surface area contributed by atoms with Crippen LogP contribution in [0.5, 0.6) is 0 Å². The van der Waals surface area contributed by atoms with Gasteiger partial charge in [0.15, 0.2) is 9.84 Å². The largest absolute Gasteiger partial charge is 0.236 e. The highest BCUT2D eigenvalue weighted by Gasteiger charge is 2.10. The molecule has 0 fully saturated rings. The van der Waals surface area contributed by atoms with Crippen molar-refractivity contribution in [3.05, 3.63) is 59.5 Å². The number of aromatic nitrogens is 1. The van der Waals surface area contributed by atoms with E-state index >= 15 is 0 Å². The van der Waals surface area contributed by atoms with Crippen LogP contribution in [0.4, 0.5) is 0 Å². The Kier molecular flexibility index (Phi) is 3.85. The van der Waals surface area contributed by atoms with Gasteiger partial charge in [-0.05, 0) is 24.6 Å². The van der Waals surface area contributed by atoms with Crippen molar-refractivity contribution in [3.63, 3.8) is 0 Å². The number of benzene rings is 2. The van der Waals surface area contributed by atoms with E-state index in [0.717, 1.165) is 21.8 Å². The Labute approximate surface area is 134 Å². The van der Waals surface area contributed by atoms with Gasteiger partial charge in [-0.25, -0.2) is 13.4 Å². The molecule has 3 rings (SSSR count). The van der Waals surface area contributed by atoms with E-state index in [4.69, 9.17) is 0 Å². The number of thiazole rings is 1. The van der Waals surface area contributed by atoms with Gasteiger partial charge in [0.05, 0.1) is 10.6 Å². The first-order chi connectivity index (χ1) is 10.4. The van der Waals surface area contributed by atoms with Gasteiger partial charge in [0, 0.05) is 22.8 Å². The topological polar surface area (TPSA) is 47.0 Å². The molecule has 0 unspecified atom stereocenters. The zero-order chi connectivity index (χ0) is 15.7. The van der Waals surface area contributed by atoms with Crippen LogP contribution in [-0.2, 0) is 9.84 Å². The third-order valence-corrected chi connectivity index (χ3v) is 5.46. The molecule has 22 heavy (non-hydrogen) atoms. The smallest absolute Gasteiger partial charge is 0.175 e. The van der Waals surface area contributed by atoms with Gasteiger partial charge in [0.2, 0.25) is 0 Å². The summed E-state index contributed by atoms with van der Waals surface area (Å²) in [6.45, 7) is 2.07. The van der Waals surface area contributed by atoms with Crippen LogP contribution in [0.25, 0.3) is 21.8 Å². The minimum absolute atomic E-state index is 0.325. The lowest BCUT2D eigenvalue weighted by Crippen LogP contribution is -1.96. The molecular weight excluding hydrogens is 314 g/mol. The van der Waals surface area contributed by atoms with Gasteiger partial charge in [-0.2, -0.15) is 0 Å². The second-order valence-electron chi connectivity index (χ2n) is 5.15. The Morgan fingerprint density at radius 3 is 2.32 bits per heavy atom. The third kappa shape index (κ3) is 2.96. The molecule has 3 nitrogen and oxygen atoms in total. The molecule has 1 heterocycles. The normalized spacial score (nSPS) is 11.5. The van der Waals surface area contributed by atoms with Crippen LogP contribution in [0.15, 0.2) is 58.8 Å². The van der Waals surface area contributed by atoms with E-state index in [1.807, 2.05) is 17.5 Å². The Morgan fingerprint density at radius 2 is 1.68 bits per heavy atom. The summed E-state index contributed by atoms with van der Waals surface area (Å²) in [5.41, 5.74) is 4.11. The van der Waals surface area contributed by atoms with Crippen LogP contribution in [0.3, 0.4) is 0 Å². The molecule has 0 spiro atoms. The number of hydrogen-bond acceptors (Lipinski definition) is 4. The summed E-state index contributed by atoms with van der Waals surface area (Å²) >= 11 is 1.59. The minimum Gasteiger partial charge on any atom is -0.236 e. The average molecular weight is 329 g/mol. The summed E-state index contributed by atoms with van der Waals surface area (Å²) in [5.74, 6) is 0. The molecule has 0 aliphatic rings. The predicted molar refractivity (Wildman–Crippen MR) is 90.8 cm³/mol. The lowest BCUT2D eigenvalue weighted by Gasteiger charge is -2.01. The monoisotopic (exact) mass is 329 g/mol. The Hall–Kier alpha value is -1.98. The molecule has 2 aromatic carbocycles. The van der Waals surface area contributed by atoms with Crippen molar-refractivity contribution in [1.82, 2.24) is 4.98 Å². The second kappa shape index (κ2) is 5.66. The molecule has 0 N–H and O–H groups in total. The molecule has 0 aliphatic heterocycles. The Bertz CT molecular complexity index is 910. The first-order valence-corrected chi connectivity index (χ1v) is 9.54. The molecule has 0 bridgehead atoms. The van der Waals surface area contributed by atoms with E-state index in [1.54, 1.807) is 35.6 Å². The van der Waals surface area contributed by atoms with Crippen LogP contribution in [-0.4, -0.2) is 19.7 Å². The number of aryl methyl sites for hydroxylation is 1. The van der Waals surface area contributed by atoms with E-state index < -0.39 is 9.84 Å². The highest BCUT2D eigenvalue weighted by atomic mass is 32.2. The van der Waals surface area contributed by atoms with Gasteiger partial charge < -0.3 is 0 Å². The van der Waals surface area contributed by atoms with Crippen LogP contribution in [0.1, 0.15) is 5.56 Å². The van der Waals surface area contributed by atoms with Gasteiger partial charge in [-0.15, -0.1) is 11.3 Å². The molecule has 3 aromatic rings. The predicted octanol–water partition coefficient (Wildman–Crippen LogP) is 4.19. The molecule has 0 atom stereocenters. The van der Waals surface area contributed by atoms with Crippen molar-refractivity contribution in [1.29, 1.82) is 0 Å². The van der Waals surface area contributed by atoms with Crippen LogP contribution in [0, 0.1) is 6.92 Å². The van der Waals surface area contributed by atoms with Gasteiger partial charge in [0.25, 0.3) is 0 Å². The quantitative estimate of drug-likeness (QED) is 0.724. The number of rotatable bonds is 3. The second-order valence-corrected chi connectivity index (χ2v) is 8.02. The molecule has 0 amide bonds. The summed E-state index contributed by atoms with van der Waals surface area (Å²) in [5, 5.41) is 2.97. The zero-order valence-corrected chi connectivity index (χ0v) is 13.9. The Balaban J connectivity index is 1.96. The minimum atomic E-state index is -3.16. The van der Waals surface area contributed by atoms with Crippen LogP contribution in [0.2, 0.25) is 0 Å². The van der Waals surface area contributed by atoms with Crippen molar-refractivity contribution in [3.8, 4) is 21.8 Å². The SMILES string of the molecule is Cc1ccccc1-c1nc(-c2ccc(S(C)(=O)=O)cc2)cs1. The van der Waals surface area contributed by atoms with Gasteiger partial charge >= 0.3 is 0 Å². The van der Waals surface area contributed by atoms with E-state index in [0.29, 0.717) is 4.90 Å². The molecular formula is C17H15NO2S2. The molecule has 0 saturated heterocycles. The molecule has 0 saturated carbocycles. The fourth-order valence-electron chi connectivity index (χ4n) is 2.22. The van der Waals surface area contributed by atoms with Crippen molar-refractivity contribution >= 4 is 21.2 Å². The first kappa shape index (κ1) is 14.9. The maximum atomic E-state index is 11.5. The van der Waals surface area contributed by atoms with Gasteiger partial charge in [-0.3, -0.25) is 0 Å². The lowest BCUT2D eigenvalue weighted by molar-refractivity contribution is 0.602. The van der Waals surface area contributed by atoms with Gasteiger partial charge in [0.1, 0.15) is 5.01 Å². The fraction of sp³-hybridized carbons (Fsp3) is 0.118. The lowest BCUT2D eigenvalue weighted by atomic mass is 10.1. The van der Waals surface area contributed by atoms with E-state index in [-0.39, 0.29) is 0 Å². The van der Waals surface area contributed by atoms with Crippen molar-refractivity contribution < 1.29 is 8.42 Å². The summed E-state index contributed by atoms with van der Waals surface area (Å²) in [4.78, 5) is 5.00. The summed E-state index contributed by atoms with van der Waals surface area (Å²) in [6.07, 6.45) is 1.21. The highest BCUT2D eigenvalue weighted by molar-refractivity contribution is 7.90. The molecule has 1 aromatic heterocycles. The number of sulfone groups is 1. The molecule has 0 radical (unpaired) electrons. The van der Waals surface area contributed by atoms with Gasteiger partial charge in [-0.1, -0.05) is 36.4 Å². The molecule has 112 valence electrons. The molecule has 0 aliphatic carbocycles. The Morgan fingerprint density at radius 1 is 1.00 bits per heavy atom. The van der Waals surface area contributed by atoms with Crippen molar-refractivity contribution in [2.24, 2.45) is 0 Å². The first-order valence-electron chi connectivity index (χ1n) is 6.77. The van der Waals surface area contributed by atoms with E-state index in [2.05, 4.69) is 24.0 Å². The summed E-state index contributed by atoms with van der Waals surface area (Å²) in [6, 6.07) is 15.0. The average Bonchev–Trinajstić information content (AvgIpc) is 2.96. The zero-order valence-electron chi connectivity index (χ0n) is 12.3. The number of nitrogens with zero attached hydrogens (tertiary/aromatic N) is 1. The highest BCUT2D eigenvalue weighted by Crippen LogP contribution is 2.30. The van der Waals surface area contributed by atoms with Crippen LogP contribution < -0.4 is 0 Å². The van der Waals surface area contributed by atoms with E-state index in [9.17, 15) is 8.42 Å². The summed E-state index contributed by atoms with van der Waals surface area (Å²) in [7, 11) is -3.16. The van der Waals surface area contributed by atoms with Crippen LogP contribution >= 0.6 is 11.3 Å². The van der Waals surface area contributed by atoms with Crippen molar-refractivity contribution in [2.45, 2.75) is 11.8 Å². The standard InChI is InChI=1S/C17H15NO2S2/c1-12-5-3-4-6-15(12)17-18-16(11-21-17)13-7-9-14(10-8-13)22(2,19)20/h3-11H,1-2H3. The van der Waals surface area contributed by atoms with Crippen molar-refractivity contribution in [2.75, 3.05) is 6.26 Å². The van der Waals surface area contributed by atoms with E-state index in [1.165, 1.54) is 11.8 Å². The maximum absolute atomic E-state index is 11.5. The third-order valence-electron chi connectivity index (χ3n) is 3.46. The summed E-state index contributed by atoms with van der Waals surface area (Å²) < 4.78 is 23.0. The maximum Gasteiger partial charge on any atom is 0.175 e. The number of hydrogen-bond donors (Lipinski definition) is 0.